The van der Waals surface area contributed by atoms with Crippen LogP contribution in [-0.2, 0) is 9.47 Å². The molecule has 1 atom stereocenters. The molecule has 0 amide bonds. The molecule has 1 saturated heterocycles. The van der Waals surface area contributed by atoms with Gasteiger partial charge >= 0.3 is 0 Å². The Morgan fingerprint density at radius 3 is 2.54 bits per heavy atom. The zero-order valence-electron chi connectivity index (χ0n) is 17.2. The van der Waals surface area contributed by atoms with Crippen molar-refractivity contribution in [3.05, 3.63) is 29.8 Å². The van der Waals surface area contributed by atoms with Crippen LogP contribution in [0.25, 0.3) is 0 Å². The van der Waals surface area contributed by atoms with Gasteiger partial charge in [-0.1, -0.05) is 17.7 Å². The van der Waals surface area contributed by atoms with Gasteiger partial charge in [0.2, 0.25) is 0 Å². The van der Waals surface area contributed by atoms with Crippen molar-refractivity contribution >= 4 is 29.9 Å². The molecule has 6 nitrogen and oxygen atoms in total. The number of unbranched alkanes of at least 4 members (excludes halogenated alkanes) is 1. The van der Waals surface area contributed by atoms with E-state index in [2.05, 4.69) is 34.7 Å². The van der Waals surface area contributed by atoms with Crippen LogP contribution in [0.5, 0.6) is 5.75 Å². The number of hydrogen-bond donors (Lipinski definition) is 2. The SMILES string of the molecule is CN=C(NCCCCOc1ccc(C)cc1)NCCCOCC1CCCO1.I. The van der Waals surface area contributed by atoms with Crippen molar-refractivity contribution in [1.82, 2.24) is 10.6 Å². The minimum Gasteiger partial charge on any atom is -0.494 e. The highest BCUT2D eigenvalue weighted by atomic mass is 127. The van der Waals surface area contributed by atoms with Crippen molar-refractivity contribution in [3.63, 3.8) is 0 Å². The molecule has 1 aromatic carbocycles. The molecule has 0 aliphatic carbocycles. The van der Waals surface area contributed by atoms with E-state index < -0.39 is 0 Å². The third kappa shape index (κ3) is 11.1. The van der Waals surface area contributed by atoms with Gasteiger partial charge in [-0.15, -0.1) is 24.0 Å². The van der Waals surface area contributed by atoms with Crippen LogP contribution in [0.1, 0.15) is 37.7 Å². The minimum absolute atomic E-state index is 0. The van der Waals surface area contributed by atoms with Gasteiger partial charge in [-0.2, -0.15) is 0 Å². The Labute approximate surface area is 186 Å². The summed E-state index contributed by atoms with van der Waals surface area (Å²) in [6.45, 7) is 6.90. The maximum atomic E-state index is 5.74. The summed E-state index contributed by atoms with van der Waals surface area (Å²) in [5.74, 6) is 1.78. The summed E-state index contributed by atoms with van der Waals surface area (Å²) >= 11 is 0. The molecule has 0 aromatic heterocycles. The smallest absolute Gasteiger partial charge is 0.190 e. The summed E-state index contributed by atoms with van der Waals surface area (Å²) in [5, 5.41) is 6.65. The van der Waals surface area contributed by atoms with Gasteiger partial charge in [-0.05, 0) is 51.2 Å². The molecule has 1 fully saturated rings. The highest BCUT2D eigenvalue weighted by Gasteiger charge is 2.14. The number of ether oxygens (including phenoxy) is 3. The first-order valence-corrected chi connectivity index (χ1v) is 10.1. The molecule has 0 radical (unpaired) electrons. The lowest BCUT2D eigenvalue weighted by Gasteiger charge is -2.13. The van der Waals surface area contributed by atoms with Gasteiger partial charge in [0.15, 0.2) is 5.96 Å². The molecular weight excluding hydrogens is 469 g/mol. The van der Waals surface area contributed by atoms with Gasteiger partial charge in [0.1, 0.15) is 5.75 Å². The predicted molar refractivity (Wildman–Crippen MR) is 125 cm³/mol. The van der Waals surface area contributed by atoms with E-state index in [0.29, 0.717) is 6.10 Å². The third-order valence-corrected chi connectivity index (χ3v) is 4.46. The number of aryl methyl sites for hydroxylation is 1. The molecule has 160 valence electrons. The maximum absolute atomic E-state index is 5.74. The second-order valence-electron chi connectivity index (χ2n) is 6.86. The van der Waals surface area contributed by atoms with E-state index in [1.165, 1.54) is 5.56 Å². The van der Waals surface area contributed by atoms with Crippen molar-refractivity contribution in [2.45, 2.75) is 45.1 Å². The molecule has 28 heavy (non-hydrogen) atoms. The van der Waals surface area contributed by atoms with Gasteiger partial charge < -0.3 is 24.8 Å². The number of hydrogen-bond acceptors (Lipinski definition) is 4. The fourth-order valence-electron chi connectivity index (χ4n) is 2.85. The maximum Gasteiger partial charge on any atom is 0.190 e. The molecule has 1 aliphatic rings. The zero-order valence-corrected chi connectivity index (χ0v) is 19.6. The molecule has 2 rings (SSSR count). The lowest BCUT2D eigenvalue weighted by Crippen LogP contribution is -2.38. The molecule has 0 saturated carbocycles. The van der Waals surface area contributed by atoms with Crippen molar-refractivity contribution in [2.75, 3.05) is 46.6 Å². The van der Waals surface area contributed by atoms with E-state index >= 15 is 0 Å². The van der Waals surface area contributed by atoms with Gasteiger partial charge in [0, 0.05) is 33.4 Å². The monoisotopic (exact) mass is 505 g/mol. The van der Waals surface area contributed by atoms with Crippen molar-refractivity contribution in [3.8, 4) is 5.75 Å². The molecule has 2 N–H and O–H groups in total. The number of nitrogens with zero attached hydrogens (tertiary/aromatic N) is 1. The van der Waals surface area contributed by atoms with Crippen molar-refractivity contribution < 1.29 is 14.2 Å². The second kappa shape index (κ2) is 15.8. The van der Waals surface area contributed by atoms with Crippen LogP contribution in [0.15, 0.2) is 29.3 Å². The second-order valence-corrected chi connectivity index (χ2v) is 6.86. The van der Waals surface area contributed by atoms with Crippen molar-refractivity contribution in [2.24, 2.45) is 4.99 Å². The normalized spacial score (nSPS) is 16.5. The number of nitrogens with one attached hydrogen (secondary N) is 2. The van der Waals surface area contributed by atoms with Crippen LogP contribution in [0.2, 0.25) is 0 Å². The fraction of sp³-hybridized carbons (Fsp3) is 0.667. The van der Waals surface area contributed by atoms with Gasteiger partial charge in [0.05, 0.1) is 19.3 Å². The molecule has 1 aliphatic heterocycles. The first-order valence-electron chi connectivity index (χ1n) is 10.1. The van der Waals surface area contributed by atoms with Crippen LogP contribution in [0.3, 0.4) is 0 Å². The third-order valence-electron chi connectivity index (χ3n) is 4.46. The molecule has 7 heteroatoms. The van der Waals surface area contributed by atoms with Crippen LogP contribution in [0, 0.1) is 6.92 Å². The van der Waals surface area contributed by atoms with E-state index in [1.54, 1.807) is 7.05 Å². The topological polar surface area (TPSA) is 64.1 Å². The Morgan fingerprint density at radius 1 is 1.11 bits per heavy atom. The van der Waals surface area contributed by atoms with Gasteiger partial charge in [-0.25, -0.2) is 0 Å². The standard InChI is InChI=1S/C21H35N3O3.HI/c1-18-8-10-19(11-9-18)26-15-4-3-12-23-21(22-2)24-13-6-14-25-17-20-7-5-16-27-20;/h8-11,20H,3-7,12-17H2,1-2H3,(H2,22,23,24);1H. The highest BCUT2D eigenvalue weighted by Crippen LogP contribution is 2.12. The van der Waals surface area contributed by atoms with E-state index in [9.17, 15) is 0 Å². The average molecular weight is 505 g/mol. The summed E-state index contributed by atoms with van der Waals surface area (Å²) in [6, 6.07) is 8.17. The summed E-state index contributed by atoms with van der Waals surface area (Å²) in [5.41, 5.74) is 1.25. The molecule has 1 heterocycles. The predicted octanol–water partition coefficient (Wildman–Crippen LogP) is 3.52. The van der Waals surface area contributed by atoms with E-state index in [0.717, 1.165) is 83.3 Å². The number of rotatable bonds is 12. The fourth-order valence-corrected chi connectivity index (χ4v) is 2.85. The van der Waals surface area contributed by atoms with Gasteiger partial charge in [-0.3, -0.25) is 4.99 Å². The van der Waals surface area contributed by atoms with Crippen LogP contribution >= 0.6 is 24.0 Å². The summed E-state index contributed by atoms with van der Waals surface area (Å²) in [7, 11) is 1.80. The van der Waals surface area contributed by atoms with Crippen molar-refractivity contribution in [1.29, 1.82) is 0 Å². The van der Waals surface area contributed by atoms with E-state index in [-0.39, 0.29) is 24.0 Å². The van der Waals surface area contributed by atoms with Gasteiger partial charge in [0.25, 0.3) is 0 Å². The van der Waals surface area contributed by atoms with Crippen LogP contribution in [0.4, 0.5) is 0 Å². The molecule has 0 bridgehead atoms. The van der Waals surface area contributed by atoms with Crippen LogP contribution in [-0.4, -0.2) is 58.6 Å². The quantitative estimate of drug-likeness (QED) is 0.197. The molecular formula is C21H36IN3O3. The number of guanidine groups is 1. The number of benzene rings is 1. The zero-order chi connectivity index (χ0) is 19.2. The van der Waals surface area contributed by atoms with E-state index in [4.69, 9.17) is 14.2 Å². The Balaban J connectivity index is 0.00000392. The highest BCUT2D eigenvalue weighted by molar-refractivity contribution is 14.0. The Kier molecular flexibility index (Phi) is 14.1. The summed E-state index contributed by atoms with van der Waals surface area (Å²) in [6.07, 6.45) is 5.60. The first-order chi connectivity index (χ1) is 13.3. The first kappa shape index (κ1) is 25.0. The van der Waals surface area contributed by atoms with Crippen LogP contribution < -0.4 is 15.4 Å². The lowest BCUT2D eigenvalue weighted by molar-refractivity contribution is 0.0168. The minimum atomic E-state index is 0. The Hall–Kier alpha value is -1.06. The Bertz CT molecular complexity index is 534. The molecule has 1 aromatic rings. The largest absolute Gasteiger partial charge is 0.494 e. The average Bonchev–Trinajstić information content (AvgIpc) is 3.20. The summed E-state index contributed by atoms with van der Waals surface area (Å²) in [4.78, 5) is 4.24. The number of aliphatic imine (C=N–C) groups is 1. The lowest BCUT2D eigenvalue weighted by atomic mass is 10.2. The molecule has 1 unspecified atom stereocenters. The number of halogens is 1. The Morgan fingerprint density at radius 2 is 1.86 bits per heavy atom. The molecule has 0 spiro atoms. The van der Waals surface area contributed by atoms with E-state index in [1.807, 2.05) is 12.1 Å². The summed E-state index contributed by atoms with van der Waals surface area (Å²) < 4.78 is 16.9.